The van der Waals surface area contributed by atoms with Gasteiger partial charge in [0.25, 0.3) is 0 Å². The number of H-pyrrole nitrogens is 1. The average molecular weight is 570 g/mol. The number of rotatable bonds is 8. The summed E-state index contributed by atoms with van der Waals surface area (Å²) in [7, 11) is 0. The first-order chi connectivity index (χ1) is 15.6. The number of fused-ring (bicyclic) bond motifs is 1. The number of carbonyl (C=O) groups excluding carboxylic acids is 1. The standard InChI is InChI=1S/C24H35FN6O.HI/c1-2-26-24(27-9-8-19-17-29-22-7-6-20(25)16-21(19)22)28-10-11-30-12-14-31(15-13-30)23(32)18-4-3-5-18;/h6-7,16-18,29H,2-5,8-15H2,1H3,(H2,26,27,28);1H. The fourth-order valence-electron chi connectivity index (χ4n) is 4.42. The number of hydrogen-bond donors (Lipinski definition) is 3. The minimum absolute atomic E-state index is 0. The lowest BCUT2D eigenvalue weighted by Crippen LogP contribution is -2.51. The van der Waals surface area contributed by atoms with Gasteiger partial charge in [0.15, 0.2) is 5.96 Å². The molecule has 2 heterocycles. The van der Waals surface area contributed by atoms with Crippen molar-refractivity contribution in [3.63, 3.8) is 0 Å². The van der Waals surface area contributed by atoms with Gasteiger partial charge in [0.2, 0.25) is 5.91 Å². The Morgan fingerprint density at radius 2 is 2.00 bits per heavy atom. The van der Waals surface area contributed by atoms with Crippen molar-refractivity contribution in [3.8, 4) is 0 Å². The number of halogens is 2. The average Bonchev–Trinajstić information content (AvgIpc) is 3.15. The Kier molecular flexibility index (Phi) is 9.78. The molecule has 2 aliphatic rings. The number of piperazine rings is 1. The van der Waals surface area contributed by atoms with Crippen LogP contribution in [0.15, 0.2) is 29.4 Å². The van der Waals surface area contributed by atoms with E-state index in [1.807, 2.05) is 11.1 Å². The molecule has 0 atom stereocenters. The number of aromatic amines is 1. The molecule has 9 heteroatoms. The molecule has 33 heavy (non-hydrogen) atoms. The number of hydrogen-bond acceptors (Lipinski definition) is 3. The van der Waals surface area contributed by atoms with Gasteiger partial charge in [-0.2, -0.15) is 0 Å². The van der Waals surface area contributed by atoms with Gasteiger partial charge in [0, 0.05) is 68.8 Å². The Balaban J connectivity index is 0.00000306. The maximum atomic E-state index is 13.6. The van der Waals surface area contributed by atoms with Gasteiger partial charge in [0.05, 0.1) is 6.54 Å². The molecule has 1 aromatic carbocycles. The molecule has 0 spiro atoms. The van der Waals surface area contributed by atoms with Crippen LogP contribution in [0.1, 0.15) is 31.7 Å². The summed E-state index contributed by atoms with van der Waals surface area (Å²) in [6, 6.07) is 4.83. The van der Waals surface area contributed by atoms with Gasteiger partial charge in [0.1, 0.15) is 5.82 Å². The highest BCUT2D eigenvalue weighted by molar-refractivity contribution is 14.0. The largest absolute Gasteiger partial charge is 0.361 e. The zero-order valence-electron chi connectivity index (χ0n) is 19.4. The minimum Gasteiger partial charge on any atom is -0.361 e. The molecular formula is C24H36FIN6O. The van der Waals surface area contributed by atoms with Crippen molar-refractivity contribution in [1.29, 1.82) is 0 Å². The van der Waals surface area contributed by atoms with Crippen LogP contribution in [0.4, 0.5) is 4.39 Å². The zero-order chi connectivity index (χ0) is 22.3. The van der Waals surface area contributed by atoms with E-state index in [4.69, 9.17) is 4.99 Å². The highest BCUT2D eigenvalue weighted by Crippen LogP contribution is 2.28. The third kappa shape index (κ3) is 6.81. The zero-order valence-corrected chi connectivity index (χ0v) is 21.7. The molecule has 182 valence electrons. The van der Waals surface area contributed by atoms with Crippen LogP contribution >= 0.6 is 24.0 Å². The van der Waals surface area contributed by atoms with Crippen molar-refractivity contribution in [2.75, 3.05) is 52.4 Å². The molecule has 7 nitrogen and oxygen atoms in total. The second-order valence-corrected chi connectivity index (χ2v) is 8.74. The van der Waals surface area contributed by atoms with Crippen LogP contribution in [0.3, 0.4) is 0 Å². The normalized spacial score (nSPS) is 17.5. The SMILES string of the molecule is CCNC(=NCCN1CCN(C(=O)C2CCC2)CC1)NCCc1c[nH]c2ccc(F)cc12.I. The minimum atomic E-state index is -0.213. The molecule has 0 bridgehead atoms. The molecular weight excluding hydrogens is 534 g/mol. The van der Waals surface area contributed by atoms with E-state index >= 15 is 0 Å². The maximum Gasteiger partial charge on any atom is 0.225 e. The predicted octanol–water partition coefficient (Wildman–Crippen LogP) is 2.97. The molecule has 0 unspecified atom stereocenters. The van der Waals surface area contributed by atoms with E-state index in [0.29, 0.717) is 18.4 Å². The number of guanidine groups is 1. The van der Waals surface area contributed by atoms with Gasteiger partial charge in [-0.15, -0.1) is 24.0 Å². The number of carbonyl (C=O) groups is 1. The van der Waals surface area contributed by atoms with Gasteiger partial charge < -0.3 is 20.5 Å². The number of benzene rings is 1. The fraction of sp³-hybridized carbons (Fsp3) is 0.583. The summed E-state index contributed by atoms with van der Waals surface area (Å²) >= 11 is 0. The highest BCUT2D eigenvalue weighted by Gasteiger charge is 2.30. The van der Waals surface area contributed by atoms with Crippen molar-refractivity contribution in [1.82, 2.24) is 25.4 Å². The molecule has 2 aromatic rings. The quantitative estimate of drug-likeness (QED) is 0.259. The molecule has 4 rings (SSSR count). The summed E-state index contributed by atoms with van der Waals surface area (Å²) in [5.74, 6) is 1.25. The van der Waals surface area contributed by atoms with Crippen molar-refractivity contribution in [2.45, 2.75) is 32.6 Å². The van der Waals surface area contributed by atoms with E-state index in [-0.39, 0.29) is 29.8 Å². The molecule has 1 saturated heterocycles. The lowest BCUT2D eigenvalue weighted by atomic mass is 9.84. The topological polar surface area (TPSA) is 75.8 Å². The first-order valence-electron chi connectivity index (χ1n) is 11.9. The smallest absolute Gasteiger partial charge is 0.225 e. The monoisotopic (exact) mass is 570 g/mol. The molecule has 3 N–H and O–H groups in total. The van der Waals surface area contributed by atoms with Crippen LogP contribution in [-0.2, 0) is 11.2 Å². The number of aromatic nitrogens is 1. The second-order valence-electron chi connectivity index (χ2n) is 8.74. The number of amides is 1. The van der Waals surface area contributed by atoms with E-state index in [2.05, 4.69) is 27.4 Å². The summed E-state index contributed by atoms with van der Waals surface area (Å²) in [4.78, 5) is 24.7. The number of nitrogens with zero attached hydrogens (tertiary/aromatic N) is 3. The van der Waals surface area contributed by atoms with E-state index in [0.717, 1.165) is 87.5 Å². The van der Waals surface area contributed by atoms with Crippen LogP contribution in [0.25, 0.3) is 10.9 Å². The predicted molar refractivity (Wildman–Crippen MR) is 142 cm³/mol. The van der Waals surface area contributed by atoms with Gasteiger partial charge in [-0.05, 0) is 49.9 Å². The Hall–Kier alpha value is -1.88. The van der Waals surface area contributed by atoms with E-state index in [1.54, 1.807) is 12.1 Å². The van der Waals surface area contributed by atoms with Crippen LogP contribution in [0.2, 0.25) is 0 Å². The molecule has 2 fully saturated rings. The van der Waals surface area contributed by atoms with Crippen molar-refractivity contribution >= 4 is 46.7 Å². The lowest BCUT2D eigenvalue weighted by Gasteiger charge is -2.38. The Bertz CT molecular complexity index is 936. The molecule has 0 radical (unpaired) electrons. The lowest BCUT2D eigenvalue weighted by molar-refractivity contribution is -0.139. The van der Waals surface area contributed by atoms with E-state index < -0.39 is 0 Å². The summed E-state index contributed by atoms with van der Waals surface area (Å²) in [6.07, 6.45) is 6.09. The first-order valence-corrected chi connectivity index (χ1v) is 11.9. The van der Waals surface area contributed by atoms with Gasteiger partial charge in [-0.3, -0.25) is 14.7 Å². The molecule has 1 aliphatic heterocycles. The van der Waals surface area contributed by atoms with Crippen molar-refractivity contribution < 1.29 is 9.18 Å². The molecule has 1 amide bonds. The second kappa shape index (κ2) is 12.5. The maximum absolute atomic E-state index is 13.6. The summed E-state index contributed by atoms with van der Waals surface area (Å²) in [5, 5.41) is 7.61. The Morgan fingerprint density at radius 1 is 1.21 bits per heavy atom. The highest BCUT2D eigenvalue weighted by atomic mass is 127. The van der Waals surface area contributed by atoms with Crippen molar-refractivity contribution in [3.05, 3.63) is 35.8 Å². The first kappa shape index (κ1) is 25.7. The molecule has 1 aromatic heterocycles. The van der Waals surface area contributed by atoms with Gasteiger partial charge in [-0.25, -0.2) is 4.39 Å². The van der Waals surface area contributed by atoms with E-state index in [1.165, 1.54) is 12.5 Å². The van der Waals surface area contributed by atoms with Crippen LogP contribution in [0, 0.1) is 11.7 Å². The molecule has 1 aliphatic carbocycles. The third-order valence-corrected chi connectivity index (χ3v) is 6.58. The van der Waals surface area contributed by atoms with Crippen LogP contribution < -0.4 is 10.6 Å². The third-order valence-electron chi connectivity index (χ3n) is 6.58. The Labute approximate surface area is 212 Å². The summed E-state index contributed by atoms with van der Waals surface area (Å²) < 4.78 is 13.6. The summed E-state index contributed by atoms with van der Waals surface area (Å²) in [6.45, 7) is 8.70. The van der Waals surface area contributed by atoms with E-state index in [9.17, 15) is 9.18 Å². The van der Waals surface area contributed by atoms with Crippen LogP contribution in [0.5, 0.6) is 0 Å². The Morgan fingerprint density at radius 3 is 2.70 bits per heavy atom. The molecule has 1 saturated carbocycles. The van der Waals surface area contributed by atoms with Crippen molar-refractivity contribution in [2.24, 2.45) is 10.9 Å². The number of aliphatic imine (C=N–C) groups is 1. The van der Waals surface area contributed by atoms with Gasteiger partial charge >= 0.3 is 0 Å². The van der Waals surface area contributed by atoms with Gasteiger partial charge in [-0.1, -0.05) is 6.42 Å². The summed E-state index contributed by atoms with van der Waals surface area (Å²) in [5.41, 5.74) is 2.05. The van der Waals surface area contributed by atoms with Crippen LogP contribution in [-0.4, -0.2) is 79.0 Å². The fourth-order valence-corrected chi connectivity index (χ4v) is 4.42. The number of nitrogens with one attached hydrogen (secondary N) is 3.